The average molecular weight is 281 g/mol. The third-order valence-electron chi connectivity index (χ3n) is 3.17. The van der Waals surface area contributed by atoms with E-state index in [1.54, 1.807) is 0 Å². The molecule has 0 spiro atoms. The molecule has 5 heteroatoms. The molecule has 0 heterocycles. The summed E-state index contributed by atoms with van der Waals surface area (Å²) in [5.74, 6) is -2.05. The summed E-state index contributed by atoms with van der Waals surface area (Å²) in [6.07, 6.45) is 0. The molecular weight excluding hydrogens is 267 g/mol. The number of halogens is 3. The van der Waals surface area contributed by atoms with Gasteiger partial charge in [0, 0.05) is 5.56 Å². The Bertz CT molecular complexity index is 643. The maximum Gasteiger partial charge on any atom is 0.165 e. The lowest BCUT2D eigenvalue weighted by Crippen LogP contribution is -2.16. The molecule has 2 rings (SSSR count). The Balaban J connectivity index is 2.49. The number of nitrogens with two attached hydrogens (primary N) is 1. The van der Waals surface area contributed by atoms with Crippen LogP contribution in [0.2, 0.25) is 0 Å². The smallest absolute Gasteiger partial charge is 0.165 e. The van der Waals surface area contributed by atoms with Crippen molar-refractivity contribution in [3.8, 4) is 5.75 Å². The van der Waals surface area contributed by atoms with Gasteiger partial charge < -0.3 is 10.5 Å². The Morgan fingerprint density at radius 3 is 2.35 bits per heavy atom. The van der Waals surface area contributed by atoms with Gasteiger partial charge in [-0.1, -0.05) is 12.1 Å². The third-order valence-corrected chi connectivity index (χ3v) is 3.17. The van der Waals surface area contributed by atoms with Crippen molar-refractivity contribution in [1.29, 1.82) is 0 Å². The minimum Gasteiger partial charge on any atom is -0.494 e. The summed E-state index contributed by atoms with van der Waals surface area (Å²) in [7, 11) is 1.33. The lowest BCUT2D eigenvalue weighted by molar-refractivity contribution is 0.386. The molecule has 0 radical (unpaired) electrons. The molecule has 0 aromatic heterocycles. The van der Waals surface area contributed by atoms with Gasteiger partial charge in [0.1, 0.15) is 11.6 Å². The number of aryl methyl sites for hydroxylation is 1. The van der Waals surface area contributed by atoms with E-state index in [1.807, 2.05) is 0 Å². The van der Waals surface area contributed by atoms with Gasteiger partial charge >= 0.3 is 0 Å². The Morgan fingerprint density at radius 2 is 1.75 bits per heavy atom. The summed E-state index contributed by atoms with van der Waals surface area (Å²) in [6, 6.07) is 5.35. The second-order valence-electron chi connectivity index (χ2n) is 4.46. The van der Waals surface area contributed by atoms with Crippen LogP contribution in [0.5, 0.6) is 5.75 Å². The van der Waals surface area contributed by atoms with Crippen LogP contribution in [-0.2, 0) is 0 Å². The number of methoxy groups -OCH3 is 1. The van der Waals surface area contributed by atoms with Crippen LogP contribution in [0.25, 0.3) is 0 Å². The lowest BCUT2D eigenvalue weighted by Gasteiger charge is -2.16. The highest BCUT2D eigenvalue weighted by molar-refractivity contribution is 5.38. The van der Waals surface area contributed by atoms with Gasteiger partial charge in [0.25, 0.3) is 0 Å². The van der Waals surface area contributed by atoms with Crippen LogP contribution in [0.4, 0.5) is 13.2 Å². The molecule has 2 nitrogen and oxygen atoms in total. The molecule has 0 aliphatic heterocycles. The van der Waals surface area contributed by atoms with Gasteiger partial charge in [-0.05, 0) is 36.2 Å². The van der Waals surface area contributed by atoms with Gasteiger partial charge in [-0.2, -0.15) is 0 Å². The van der Waals surface area contributed by atoms with Crippen LogP contribution < -0.4 is 10.5 Å². The molecule has 0 amide bonds. The van der Waals surface area contributed by atoms with E-state index in [1.165, 1.54) is 32.2 Å². The van der Waals surface area contributed by atoms with Crippen molar-refractivity contribution in [2.24, 2.45) is 5.73 Å². The molecule has 0 bridgehead atoms. The molecule has 2 N–H and O–H groups in total. The third kappa shape index (κ3) is 2.49. The van der Waals surface area contributed by atoms with Gasteiger partial charge in [-0.15, -0.1) is 0 Å². The first-order chi connectivity index (χ1) is 9.45. The normalized spacial score (nSPS) is 12.3. The lowest BCUT2D eigenvalue weighted by atomic mass is 9.96. The van der Waals surface area contributed by atoms with Gasteiger partial charge in [-0.25, -0.2) is 13.2 Å². The molecule has 1 atom stereocenters. The van der Waals surface area contributed by atoms with E-state index in [0.29, 0.717) is 0 Å². The predicted molar refractivity (Wildman–Crippen MR) is 70.1 cm³/mol. The standard InChI is InChI=1S/C15H14F3NO/c1-8-3-5-10(16)13(14(8)18)15(19)9-4-6-12(20-2)11(17)7-9/h3-7,15H,19H2,1-2H3. The van der Waals surface area contributed by atoms with E-state index in [4.69, 9.17) is 10.5 Å². The van der Waals surface area contributed by atoms with Crippen molar-refractivity contribution < 1.29 is 17.9 Å². The number of hydrogen-bond acceptors (Lipinski definition) is 2. The highest BCUT2D eigenvalue weighted by Gasteiger charge is 2.21. The summed E-state index contributed by atoms with van der Waals surface area (Å²) in [5.41, 5.74) is 6.14. The van der Waals surface area contributed by atoms with Crippen LogP contribution in [0.3, 0.4) is 0 Å². The zero-order valence-corrected chi connectivity index (χ0v) is 11.1. The fourth-order valence-corrected chi connectivity index (χ4v) is 2.01. The Kier molecular flexibility index (Phi) is 3.99. The molecule has 0 aliphatic carbocycles. The van der Waals surface area contributed by atoms with Crippen LogP contribution in [-0.4, -0.2) is 7.11 Å². The minimum atomic E-state index is -1.09. The SMILES string of the molecule is COc1ccc(C(N)c2c(F)ccc(C)c2F)cc1F. The number of ether oxygens (including phenoxy) is 1. The summed E-state index contributed by atoms with van der Waals surface area (Å²) in [6.45, 7) is 1.51. The Morgan fingerprint density at radius 1 is 1.05 bits per heavy atom. The maximum absolute atomic E-state index is 14.0. The molecule has 0 fully saturated rings. The summed E-state index contributed by atoms with van der Waals surface area (Å²) < 4.78 is 46.2. The maximum atomic E-state index is 14.0. The Labute approximate surface area is 115 Å². The Hall–Kier alpha value is -2.01. The zero-order chi connectivity index (χ0) is 14.9. The van der Waals surface area contributed by atoms with E-state index >= 15 is 0 Å². The molecule has 20 heavy (non-hydrogen) atoms. The highest BCUT2D eigenvalue weighted by Crippen LogP contribution is 2.29. The first kappa shape index (κ1) is 14.4. The zero-order valence-electron chi connectivity index (χ0n) is 11.1. The van der Waals surface area contributed by atoms with Gasteiger partial charge in [0.2, 0.25) is 0 Å². The average Bonchev–Trinajstić information content (AvgIpc) is 2.43. The van der Waals surface area contributed by atoms with Gasteiger partial charge in [-0.3, -0.25) is 0 Å². The molecule has 2 aromatic carbocycles. The quantitative estimate of drug-likeness (QED) is 0.935. The van der Waals surface area contributed by atoms with E-state index in [2.05, 4.69) is 0 Å². The van der Waals surface area contributed by atoms with E-state index in [9.17, 15) is 13.2 Å². The summed E-state index contributed by atoms with van der Waals surface area (Å²) in [4.78, 5) is 0. The molecule has 106 valence electrons. The van der Waals surface area contributed by atoms with E-state index in [0.717, 1.165) is 12.1 Å². The van der Waals surface area contributed by atoms with Crippen LogP contribution in [0.15, 0.2) is 30.3 Å². The van der Waals surface area contributed by atoms with Crippen LogP contribution in [0.1, 0.15) is 22.7 Å². The molecule has 0 aliphatic rings. The molecule has 0 saturated carbocycles. The topological polar surface area (TPSA) is 35.2 Å². The van der Waals surface area contributed by atoms with Crippen molar-refractivity contribution in [2.75, 3.05) is 7.11 Å². The van der Waals surface area contributed by atoms with Crippen molar-refractivity contribution in [3.05, 3.63) is 64.5 Å². The molecule has 2 aromatic rings. The van der Waals surface area contributed by atoms with E-state index < -0.39 is 23.5 Å². The van der Waals surface area contributed by atoms with Crippen molar-refractivity contribution >= 4 is 0 Å². The molecule has 0 saturated heterocycles. The molecule has 1 unspecified atom stereocenters. The van der Waals surface area contributed by atoms with Crippen molar-refractivity contribution in [1.82, 2.24) is 0 Å². The summed E-state index contributed by atoms with van der Waals surface area (Å²) >= 11 is 0. The number of rotatable bonds is 3. The fourth-order valence-electron chi connectivity index (χ4n) is 2.01. The van der Waals surface area contributed by atoms with Crippen LogP contribution in [0, 0.1) is 24.4 Å². The van der Waals surface area contributed by atoms with Gasteiger partial charge in [0.05, 0.1) is 13.2 Å². The monoisotopic (exact) mass is 281 g/mol. The van der Waals surface area contributed by atoms with Crippen molar-refractivity contribution in [2.45, 2.75) is 13.0 Å². The van der Waals surface area contributed by atoms with E-state index in [-0.39, 0.29) is 22.4 Å². The highest BCUT2D eigenvalue weighted by atomic mass is 19.1. The minimum absolute atomic E-state index is 0.0473. The van der Waals surface area contributed by atoms with Crippen molar-refractivity contribution in [3.63, 3.8) is 0 Å². The van der Waals surface area contributed by atoms with Crippen LogP contribution >= 0.6 is 0 Å². The second kappa shape index (κ2) is 5.54. The second-order valence-corrected chi connectivity index (χ2v) is 4.46. The fraction of sp³-hybridized carbons (Fsp3) is 0.200. The number of benzene rings is 2. The number of hydrogen-bond donors (Lipinski definition) is 1. The predicted octanol–water partition coefficient (Wildman–Crippen LogP) is 3.47. The first-order valence-corrected chi connectivity index (χ1v) is 5.99. The summed E-state index contributed by atoms with van der Waals surface area (Å²) in [5, 5.41) is 0. The van der Waals surface area contributed by atoms with Gasteiger partial charge in [0.15, 0.2) is 11.6 Å². The molecular formula is C15H14F3NO. The largest absolute Gasteiger partial charge is 0.494 e. The first-order valence-electron chi connectivity index (χ1n) is 5.99.